The molecule has 17 nitrogen and oxygen atoms in total. The molecule has 17 heteroatoms. The number of aliphatic carboxylic acids is 2. The molecule has 1 aromatic carbocycles. The van der Waals surface area contributed by atoms with Crippen LogP contribution in [0.1, 0.15) is 92.1 Å². The van der Waals surface area contributed by atoms with Gasteiger partial charge < -0.3 is 53.2 Å². The number of para-hydroxylation sites is 1. The van der Waals surface area contributed by atoms with E-state index in [9.17, 15) is 43.8 Å². The van der Waals surface area contributed by atoms with E-state index in [0.717, 1.165) is 10.9 Å². The fourth-order valence-corrected chi connectivity index (χ4v) is 6.16. The number of amides is 5. The number of aromatic nitrogens is 1. The lowest BCUT2D eigenvalue weighted by Crippen LogP contribution is -2.61. The van der Waals surface area contributed by atoms with Crippen molar-refractivity contribution in [3.63, 3.8) is 0 Å². The van der Waals surface area contributed by atoms with E-state index < -0.39 is 96.0 Å². The van der Waals surface area contributed by atoms with Crippen LogP contribution in [0.15, 0.2) is 30.5 Å². The van der Waals surface area contributed by atoms with Gasteiger partial charge in [0.25, 0.3) is 0 Å². The lowest BCUT2D eigenvalue weighted by Gasteiger charge is -2.30. The Balaban J connectivity index is 2.28. The normalized spacial score (nSPS) is 15.7. The summed E-state index contributed by atoms with van der Waals surface area (Å²) in [7, 11) is 0. The van der Waals surface area contributed by atoms with E-state index in [0.29, 0.717) is 44.2 Å². The van der Waals surface area contributed by atoms with Crippen molar-refractivity contribution in [1.29, 1.82) is 0 Å². The second-order valence-electron chi connectivity index (χ2n) is 14.9. The predicted molar refractivity (Wildman–Crippen MR) is 211 cm³/mol. The molecule has 0 aliphatic carbocycles. The van der Waals surface area contributed by atoms with Crippen molar-refractivity contribution in [2.24, 2.45) is 29.2 Å². The zero-order chi connectivity index (χ0) is 42.1. The summed E-state index contributed by atoms with van der Waals surface area (Å²) in [6, 6.07) is -0.146. The Morgan fingerprint density at radius 1 is 0.714 bits per heavy atom. The van der Waals surface area contributed by atoms with Gasteiger partial charge in [-0.05, 0) is 55.2 Å². The molecule has 0 saturated carbocycles. The molecule has 1 heterocycles. The quantitative estimate of drug-likeness (QED) is 0.0640. The molecule has 2 rings (SSSR count). The van der Waals surface area contributed by atoms with Gasteiger partial charge in [-0.25, -0.2) is 4.79 Å². The molecule has 12 N–H and O–H groups in total. The smallest absolute Gasteiger partial charge is 0.326 e. The summed E-state index contributed by atoms with van der Waals surface area (Å²) in [6.07, 6.45) is 3.41. The summed E-state index contributed by atoms with van der Waals surface area (Å²) in [5, 5.41) is 33.4. The van der Waals surface area contributed by atoms with E-state index >= 15 is 0 Å². The first-order valence-corrected chi connectivity index (χ1v) is 19.4. The Morgan fingerprint density at radius 3 is 1.80 bits per heavy atom. The van der Waals surface area contributed by atoms with Gasteiger partial charge in [0.1, 0.15) is 30.2 Å². The van der Waals surface area contributed by atoms with Crippen molar-refractivity contribution in [3.8, 4) is 0 Å². The molecule has 5 amide bonds. The summed E-state index contributed by atoms with van der Waals surface area (Å²) >= 11 is 0. The highest BCUT2D eigenvalue weighted by molar-refractivity contribution is 5.97. The molecule has 0 fully saturated rings. The molecule has 0 aliphatic heterocycles. The molecule has 1 aromatic heterocycles. The maximum atomic E-state index is 13.9. The van der Waals surface area contributed by atoms with Crippen LogP contribution >= 0.6 is 0 Å². The zero-order valence-electron chi connectivity index (χ0n) is 33.4. The van der Waals surface area contributed by atoms with Gasteiger partial charge in [-0.1, -0.05) is 79.0 Å². The van der Waals surface area contributed by atoms with Crippen molar-refractivity contribution >= 4 is 52.4 Å². The van der Waals surface area contributed by atoms with Gasteiger partial charge in [-0.2, -0.15) is 0 Å². The molecule has 0 spiro atoms. The van der Waals surface area contributed by atoms with Gasteiger partial charge in [0.15, 0.2) is 0 Å². The molecule has 0 bridgehead atoms. The number of carboxylic acid groups (broad SMARTS) is 2. The molecule has 56 heavy (non-hydrogen) atoms. The molecule has 312 valence electrons. The van der Waals surface area contributed by atoms with Crippen molar-refractivity contribution in [2.45, 2.75) is 129 Å². The maximum Gasteiger partial charge on any atom is 0.326 e. The Bertz CT molecular complexity index is 1650. The van der Waals surface area contributed by atoms with Crippen LogP contribution in [-0.4, -0.2) is 99.5 Å². The van der Waals surface area contributed by atoms with Crippen LogP contribution in [0.2, 0.25) is 0 Å². The minimum atomic E-state index is -1.64. The van der Waals surface area contributed by atoms with Crippen molar-refractivity contribution in [3.05, 3.63) is 36.0 Å². The molecule has 0 unspecified atom stereocenters. The Hall–Kier alpha value is -5.03. The summed E-state index contributed by atoms with van der Waals surface area (Å²) in [5.41, 5.74) is 13.0. The first-order chi connectivity index (χ1) is 26.4. The number of hydrogen-bond donors (Lipinski definition) is 10. The van der Waals surface area contributed by atoms with Crippen molar-refractivity contribution < 1.29 is 43.8 Å². The van der Waals surface area contributed by atoms with E-state index in [-0.39, 0.29) is 18.8 Å². The number of hydrogen-bond acceptors (Lipinski definition) is 9. The van der Waals surface area contributed by atoms with E-state index in [4.69, 9.17) is 11.5 Å². The average Bonchev–Trinajstić information content (AvgIpc) is 3.56. The summed E-state index contributed by atoms with van der Waals surface area (Å²) in [4.78, 5) is 95.0. The Labute approximate surface area is 328 Å². The largest absolute Gasteiger partial charge is 0.481 e. The van der Waals surface area contributed by atoms with Gasteiger partial charge >= 0.3 is 11.9 Å². The summed E-state index contributed by atoms with van der Waals surface area (Å²) in [5.74, 6) is -7.59. The fraction of sp³-hybridized carbons (Fsp3) is 0.615. The number of benzene rings is 1. The van der Waals surface area contributed by atoms with Crippen LogP contribution in [0.5, 0.6) is 0 Å². The van der Waals surface area contributed by atoms with Crippen molar-refractivity contribution in [2.75, 3.05) is 6.54 Å². The topological polar surface area (TPSA) is 288 Å². The molecule has 0 aliphatic rings. The SMILES string of the molecule is CC[C@H](C)[C@H](NC(=O)[C@H](CC(=O)O)NC(=O)[C@H](CC(C)C)NC(=O)[C@@H](N)CCCCN)C(=O)N[C@H](C(=O)N[C@@H](Cc1c[nH]c2ccccc12)C(=O)O)[C@@H](C)CC. The van der Waals surface area contributed by atoms with Gasteiger partial charge in [0.05, 0.1) is 12.5 Å². The third kappa shape index (κ3) is 14.6. The number of carbonyl (C=O) groups excluding carboxylic acids is 5. The number of unbranched alkanes of at least 4 members (excludes halogenated alkanes) is 1. The second-order valence-corrected chi connectivity index (χ2v) is 14.9. The van der Waals surface area contributed by atoms with E-state index in [1.807, 2.05) is 38.1 Å². The number of carboxylic acids is 2. The number of nitrogens with one attached hydrogen (secondary N) is 6. The van der Waals surface area contributed by atoms with Gasteiger partial charge in [0, 0.05) is 23.5 Å². The molecule has 2 aromatic rings. The Kier molecular flexibility index (Phi) is 19.5. The monoisotopic (exact) mass is 786 g/mol. The number of fused-ring (bicyclic) bond motifs is 1. The standard InChI is InChI=1S/C39H62N8O9/c1-7-22(5)32(37(53)45-30(39(55)56)18-24-20-42-27-15-10-9-13-25(24)27)47-38(54)33(23(6)8-2)46-36(52)29(19-31(48)49)44-35(51)28(17-21(3)4)43-34(50)26(41)14-11-12-16-40/h9-10,13,15,20-23,26,28-30,32-33,42H,7-8,11-12,14,16-19,40-41H2,1-6H3,(H,43,50)(H,44,51)(H,45,53)(H,46,52)(H,47,54)(H,48,49)(H,55,56)/t22-,23-,26-,28-,29-,30-,32-,33-/m0/s1. The first-order valence-electron chi connectivity index (χ1n) is 19.4. The highest BCUT2D eigenvalue weighted by Gasteiger charge is 2.36. The molecule has 0 saturated heterocycles. The molecular weight excluding hydrogens is 724 g/mol. The van der Waals surface area contributed by atoms with E-state index in [1.165, 1.54) is 0 Å². The molecular formula is C39H62N8O9. The van der Waals surface area contributed by atoms with Crippen LogP contribution in [0.4, 0.5) is 0 Å². The highest BCUT2D eigenvalue weighted by atomic mass is 16.4. The van der Waals surface area contributed by atoms with Gasteiger partial charge in [-0.15, -0.1) is 0 Å². The van der Waals surface area contributed by atoms with Crippen LogP contribution in [0.3, 0.4) is 0 Å². The number of nitrogens with two attached hydrogens (primary N) is 2. The van der Waals surface area contributed by atoms with Crippen molar-refractivity contribution in [1.82, 2.24) is 31.6 Å². The number of H-pyrrole nitrogens is 1. The minimum Gasteiger partial charge on any atom is -0.481 e. The highest BCUT2D eigenvalue weighted by Crippen LogP contribution is 2.20. The third-order valence-electron chi connectivity index (χ3n) is 9.96. The lowest BCUT2D eigenvalue weighted by molar-refractivity contribution is -0.142. The number of aromatic amines is 1. The second kappa shape index (κ2) is 23.1. The van der Waals surface area contributed by atoms with E-state index in [1.54, 1.807) is 33.9 Å². The Morgan fingerprint density at radius 2 is 1.25 bits per heavy atom. The maximum absolute atomic E-state index is 13.9. The molecule has 8 atom stereocenters. The van der Waals surface area contributed by atoms with Crippen LogP contribution in [0.25, 0.3) is 10.9 Å². The lowest BCUT2D eigenvalue weighted by atomic mass is 9.94. The first kappa shape index (κ1) is 47.1. The van der Waals surface area contributed by atoms with Crippen LogP contribution in [0, 0.1) is 17.8 Å². The zero-order valence-corrected chi connectivity index (χ0v) is 33.4. The predicted octanol–water partition coefficient (Wildman–Crippen LogP) is 1.29. The van der Waals surface area contributed by atoms with E-state index in [2.05, 4.69) is 31.6 Å². The average molecular weight is 787 g/mol. The van der Waals surface area contributed by atoms with Crippen LogP contribution < -0.4 is 38.1 Å². The fourth-order valence-electron chi connectivity index (χ4n) is 6.16. The molecule has 0 radical (unpaired) electrons. The number of rotatable bonds is 25. The summed E-state index contributed by atoms with van der Waals surface area (Å²) in [6.45, 7) is 11.1. The van der Waals surface area contributed by atoms with Gasteiger partial charge in [0.2, 0.25) is 29.5 Å². The third-order valence-corrected chi connectivity index (χ3v) is 9.96. The van der Waals surface area contributed by atoms with Gasteiger partial charge in [-0.3, -0.25) is 28.8 Å². The number of carbonyl (C=O) groups is 7. The summed E-state index contributed by atoms with van der Waals surface area (Å²) < 4.78 is 0. The minimum absolute atomic E-state index is 0.0300. The van der Waals surface area contributed by atoms with Crippen LogP contribution in [-0.2, 0) is 40.0 Å².